The SMILES string of the molecule is O=C(CSc1nc(=O)n2cc(Cl)ccc2n1)Nc1ccc(Cl)cc1. The summed E-state index contributed by atoms with van der Waals surface area (Å²) in [5.41, 5.74) is 0.558. The first kappa shape index (κ1) is 16.8. The number of anilines is 1. The monoisotopic (exact) mass is 380 g/mol. The Kier molecular flexibility index (Phi) is 5.03. The summed E-state index contributed by atoms with van der Waals surface area (Å²) < 4.78 is 1.25. The highest BCUT2D eigenvalue weighted by Gasteiger charge is 2.09. The molecule has 2 aromatic heterocycles. The molecule has 1 N–H and O–H groups in total. The van der Waals surface area contributed by atoms with Gasteiger partial charge in [-0.3, -0.25) is 4.79 Å². The van der Waals surface area contributed by atoms with Gasteiger partial charge in [0, 0.05) is 16.9 Å². The van der Waals surface area contributed by atoms with Crippen LogP contribution in [-0.4, -0.2) is 26.0 Å². The molecule has 24 heavy (non-hydrogen) atoms. The summed E-state index contributed by atoms with van der Waals surface area (Å²) in [5, 5.41) is 3.96. The number of carbonyl (C=O) groups excluding carboxylic acids is 1. The first-order chi connectivity index (χ1) is 11.5. The molecule has 0 atom stereocenters. The normalized spacial score (nSPS) is 10.8. The summed E-state index contributed by atoms with van der Waals surface area (Å²) >= 11 is 12.7. The molecule has 6 nitrogen and oxygen atoms in total. The highest BCUT2D eigenvalue weighted by atomic mass is 35.5. The summed E-state index contributed by atoms with van der Waals surface area (Å²) in [6, 6.07) is 10.0. The van der Waals surface area contributed by atoms with Crippen LogP contribution < -0.4 is 11.0 Å². The molecule has 0 saturated carbocycles. The second kappa shape index (κ2) is 7.21. The summed E-state index contributed by atoms with van der Waals surface area (Å²) in [6.45, 7) is 0. The summed E-state index contributed by atoms with van der Waals surface area (Å²) in [7, 11) is 0. The van der Waals surface area contributed by atoms with Gasteiger partial charge in [0.05, 0.1) is 10.8 Å². The molecule has 0 spiro atoms. The molecule has 1 amide bonds. The highest BCUT2D eigenvalue weighted by molar-refractivity contribution is 7.99. The van der Waals surface area contributed by atoms with Crippen LogP contribution >= 0.6 is 35.0 Å². The molecule has 122 valence electrons. The van der Waals surface area contributed by atoms with Crippen molar-refractivity contribution < 1.29 is 4.79 Å². The largest absolute Gasteiger partial charge is 0.355 e. The number of benzene rings is 1. The molecular weight excluding hydrogens is 371 g/mol. The van der Waals surface area contributed by atoms with Crippen LogP contribution in [0.1, 0.15) is 0 Å². The average molecular weight is 381 g/mol. The van der Waals surface area contributed by atoms with E-state index >= 15 is 0 Å². The lowest BCUT2D eigenvalue weighted by molar-refractivity contribution is -0.113. The van der Waals surface area contributed by atoms with E-state index in [1.165, 1.54) is 10.6 Å². The maximum atomic E-state index is 11.9. The van der Waals surface area contributed by atoms with Crippen molar-refractivity contribution in [1.29, 1.82) is 0 Å². The van der Waals surface area contributed by atoms with Gasteiger partial charge in [-0.1, -0.05) is 35.0 Å². The zero-order valence-electron chi connectivity index (χ0n) is 12.1. The minimum absolute atomic E-state index is 0.0752. The van der Waals surface area contributed by atoms with Crippen LogP contribution in [0.5, 0.6) is 0 Å². The maximum Gasteiger partial charge on any atom is 0.355 e. The fraction of sp³-hybridized carbons (Fsp3) is 0.0667. The van der Waals surface area contributed by atoms with Crippen LogP contribution in [0.15, 0.2) is 52.5 Å². The number of rotatable bonds is 4. The number of thioether (sulfide) groups is 1. The third-order valence-corrected chi connectivity index (χ3v) is 4.28. The molecule has 0 saturated heterocycles. The predicted octanol–water partition coefficient (Wildman–Crippen LogP) is 3.13. The molecule has 3 aromatic rings. The van der Waals surface area contributed by atoms with Gasteiger partial charge in [-0.15, -0.1) is 0 Å². The van der Waals surface area contributed by atoms with Crippen molar-refractivity contribution in [3.8, 4) is 0 Å². The third-order valence-electron chi connectivity index (χ3n) is 2.96. The number of nitrogens with zero attached hydrogens (tertiary/aromatic N) is 3. The van der Waals surface area contributed by atoms with Gasteiger partial charge < -0.3 is 5.32 Å². The molecule has 0 radical (unpaired) electrons. The number of amides is 1. The number of fused-ring (bicyclic) bond motifs is 1. The second-order valence-electron chi connectivity index (χ2n) is 4.71. The van der Waals surface area contributed by atoms with E-state index in [0.717, 1.165) is 11.8 Å². The van der Waals surface area contributed by atoms with E-state index in [0.29, 0.717) is 21.4 Å². The Morgan fingerprint density at radius 1 is 1.08 bits per heavy atom. The Labute approximate surface area is 150 Å². The molecule has 2 heterocycles. The Bertz CT molecular complexity index is 960. The molecule has 0 aliphatic heterocycles. The van der Waals surface area contributed by atoms with Crippen molar-refractivity contribution in [3.05, 3.63) is 63.1 Å². The minimum Gasteiger partial charge on any atom is -0.325 e. The van der Waals surface area contributed by atoms with Gasteiger partial charge in [0.2, 0.25) is 5.91 Å². The number of aromatic nitrogens is 3. The number of hydrogen-bond donors (Lipinski definition) is 1. The van der Waals surface area contributed by atoms with E-state index in [9.17, 15) is 9.59 Å². The van der Waals surface area contributed by atoms with Crippen LogP contribution in [0.2, 0.25) is 10.0 Å². The Hall–Kier alpha value is -2.09. The van der Waals surface area contributed by atoms with Gasteiger partial charge in [-0.25, -0.2) is 14.2 Å². The number of hydrogen-bond acceptors (Lipinski definition) is 5. The molecular formula is C15H10Cl2N4O2S. The summed E-state index contributed by atoms with van der Waals surface area (Å²) in [4.78, 5) is 32.0. The van der Waals surface area contributed by atoms with E-state index in [4.69, 9.17) is 23.2 Å². The standard InChI is InChI=1S/C15H10Cl2N4O2S/c16-9-1-4-11(5-2-9)18-13(22)8-24-14-19-12-6-3-10(17)7-21(12)15(23)20-14/h1-7H,8H2,(H,18,22). The van der Waals surface area contributed by atoms with Gasteiger partial charge >= 0.3 is 5.69 Å². The highest BCUT2D eigenvalue weighted by Crippen LogP contribution is 2.16. The smallest absolute Gasteiger partial charge is 0.325 e. The Balaban J connectivity index is 1.69. The second-order valence-corrected chi connectivity index (χ2v) is 6.52. The predicted molar refractivity (Wildman–Crippen MR) is 95.1 cm³/mol. The zero-order chi connectivity index (χ0) is 17.1. The van der Waals surface area contributed by atoms with Gasteiger partial charge in [0.15, 0.2) is 5.16 Å². The number of nitrogens with one attached hydrogen (secondary N) is 1. The molecule has 0 unspecified atom stereocenters. The Morgan fingerprint density at radius 2 is 1.79 bits per heavy atom. The Morgan fingerprint density at radius 3 is 2.54 bits per heavy atom. The minimum atomic E-state index is -0.497. The van der Waals surface area contributed by atoms with Crippen molar-refractivity contribution in [1.82, 2.24) is 14.4 Å². The molecule has 1 aromatic carbocycles. The van der Waals surface area contributed by atoms with Crippen LogP contribution in [-0.2, 0) is 4.79 Å². The van der Waals surface area contributed by atoms with E-state index in [1.807, 2.05) is 0 Å². The van der Waals surface area contributed by atoms with Gasteiger partial charge in [0.25, 0.3) is 0 Å². The van der Waals surface area contributed by atoms with Crippen molar-refractivity contribution in [2.24, 2.45) is 0 Å². The van der Waals surface area contributed by atoms with Gasteiger partial charge in [-0.2, -0.15) is 4.98 Å². The van der Waals surface area contributed by atoms with E-state index < -0.39 is 5.69 Å². The topological polar surface area (TPSA) is 76.4 Å². The molecule has 0 aliphatic rings. The number of carbonyl (C=O) groups is 1. The molecule has 9 heteroatoms. The summed E-state index contributed by atoms with van der Waals surface area (Å²) in [6.07, 6.45) is 1.45. The average Bonchev–Trinajstić information content (AvgIpc) is 2.56. The number of halogens is 2. The molecule has 0 aliphatic carbocycles. The third kappa shape index (κ3) is 4.05. The van der Waals surface area contributed by atoms with E-state index in [-0.39, 0.29) is 16.8 Å². The van der Waals surface area contributed by atoms with Crippen molar-refractivity contribution in [2.45, 2.75) is 5.16 Å². The lowest BCUT2D eigenvalue weighted by Gasteiger charge is -2.05. The fourth-order valence-corrected chi connectivity index (χ4v) is 2.81. The van der Waals surface area contributed by atoms with E-state index in [1.54, 1.807) is 36.4 Å². The quantitative estimate of drug-likeness (QED) is 0.703. The van der Waals surface area contributed by atoms with Crippen LogP contribution in [0.4, 0.5) is 5.69 Å². The number of pyridine rings is 1. The zero-order valence-corrected chi connectivity index (χ0v) is 14.4. The lowest BCUT2D eigenvalue weighted by atomic mass is 10.3. The van der Waals surface area contributed by atoms with E-state index in [2.05, 4.69) is 15.3 Å². The molecule has 0 bridgehead atoms. The maximum absolute atomic E-state index is 11.9. The van der Waals surface area contributed by atoms with Crippen LogP contribution in [0.3, 0.4) is 0 Å². The van der Waals surface area contributed by atoms with Crippen LogP contribution in [0, 0.1) is 0 Å². The van der Waals surface area contributed by atoms with Crippen LogP contribution in [0.25, 0.3) is 5.65 Å². The van der Waals surface area contributed by atoms with Crippen molar-refractivity contribution in [3.63, 3.8) is 0 Å². The molecule has 3 rings (SSSR count). The molecule has 0 fully saturated rings. The van der Waals surface area contributed by atoms with Gasteiger partial charge in [-0.05, 0) is 36.4 Å². The van der Waals surface area contributed by atoms with Crippen molar-refractivity contribution >= 4 is 52.2 Å². The lowest BCUT2D eigenvalue weighted by Crippen LogP contribution is -2.20. The fourth-order valence-electron chi connectivity index (χ4n) is 1.89. The van der Waals surface area contributed by atoms with Gasteiger partial charge in [0.1, 0.15) is 5.65 Å². The summed E-state index contributed by atoms with van der Waals surface area (Å²) in [5.74, 6) is -0.159. The van der Waals surface area contributed by atoms with Crippen molar-refractivity contribution in [2.75, 3.05) is 11.1 Å². The first-order valence-corrected chi connectivity index (χ1v) is 8.49. The first-order valence-electron chi connectivity index (χ1n) is 6.75.